The fraction of sp³-hybridized carbons (Fsp3) is 0.556. The summed E-state index contributed by atoms with van der Waals surface area (Å²) in [4.78, 5) is 29.2. The molecule has 1 aromatic heterocycles. The largest absolute Gasteiger partial charge is 0.460 e. The van der Waals surface area contributed by atoms with Gasteiger partial charge < -0.3 is 14.6 Å². The molecule has 24 heavy (non-hydrogen) atoms. The fourth-order valence-corrected chi connectivity index (χ4v) is 3.28. The van der Waals surface area contributed by atoms with Crippen molar-refractivity contribution in [3.8, 4) is 0 Å². The number of aromatic amines is 1. The maximum atomic E-state index is 12.2. The van der Waals surface area contributed by atoms with Gasteiger partial charge in [-0.3, -0.25) is 9.36 Å². The lowest BCUT2D eigenvalue weighted by molar-refractivity contribution is -0.160. The Balaban J connectivity index is 1.76. The Morgan fingerprint density at radius 2 is 1.92 bits per heavy atom. The molecule has 2 heterocycles. The van der Waals surface area contributed by atoms with Crippen molar-refractivity contribution in [2.24, 2.45) is 13.0 Å². The van der Waals surface area contributed by atoms with Gasteiger partial charge in [0, 0.05) is 20.1 Å². The third-order valence-corrected chi connectivity index (χ3v) is 4.47. The number of imidazole rings is 1. The van der Waals surface area contributed by atoms with Crippen LogP contribution >= 0.6 is 0 Å². The minimum absolute atomic E-state index is 0.0466. The average molecular weight is 331 g/mol. The van der Waals surface area contributed by atoms with Crippen molar-refractivity contribution in [1.82, 2.24) is 9.55 Å². The second-order valence-electron chi connectivity index (χ2n) is 7.46. The molecule has 1 fully saturated rings. The Kier molecular flexibility index (Phi) is 4.15. The molecule has 1 N–H and O–H groups in total. The van der Waals surface area contributed by atoms with Crippen LogP contribution in [0.1, 0.15) is 33.6 Å². The summed E-state index contributed by atoms with van der Waals surface area (Å²) < 4.78 is 7.15. The number of benzene rings is 1. The van der Waals surface area contributed by atoms with Gasteiger partial charge in [-0.25, -0.2) is 4.79 Å². The van der Waals surface area contributed by atoms with E-state index < -0.39 is 5.60 Å². The lowest BCUT2D eigenvalue weighted by Gasteiger charge is -2.34. The van der Waals surface area contributed by atoms with Gasteiger partial charge in [0.15, 0.2) is 0 Å². The van der Waals surface area contributed by atoms with Crippen LogP contribution in [-0.4, -0.2) is 34.2 Å². The summed E-state index contributed by atoms with van der Waals surface area (Å²) in [5.74, 6) is -0.149. The van der Waals surface area contributed by atoms with Crippen molar-refractivity contribution in [1.29, 1.82) is 0 Å². The quantitative estimate of drug-likeness (QED) is 0.858. The highest BCUT2D eigenvalue weighted by atomic mass is 16.6. The van der Waals surface area contributed by atoms with Crippen LogP contribution < -0.4 is 10.6 Å². The van der Waals surface area contributed by atoms with Gasteiger partial charge in [0.05, 0.1) is 22.6 Å². The first-order chi connectivity index (χ1) is 11.3. The van der Waals surface area contributed by atoms with Crippen molar-refractivity contribution in [2.45, 2.75) is 39.2 Å². The van der Waals surface area contributed by atoms with Crippen LogP contribution in [0.25, 0.3) is 11.0 Å². The van der Waals surface area contributed by atoms with Crippen molar-refractivity contribution >= 4 is 22.7 Å². The van der Waals surface area contributed by atoms with Crippen molar-refractivity contribution in [3.63, 3.8) is 0 Å². The second kappa shape index (κ2) is 6.00. The summed E-state index contributed by atoms with van der Waals surface area (Å²) in [5, 5.41) is 0. The lowest BCUT2D eigenvalue weighted by Crippen LogP contribution is -2.39. The molecule has 1 aliphatic heterocycles. The number of nitrogens with one attached hydrogen (secondary N) is 1. The molecule has 0 spiro atoms. The number of carbonyl (C=O) groups is 1. The van der Waals surface area contributed by atoms with Crippen LogP contribution in [0, 0.1) is 5.92 Å². The highest BCUT2D eigenvalue weighted by Crippen LogP contribution is 2.29. The summed E-state index contributed by atoms with van der Waals surface area (Å²) in [5.41, 5.74) is 2.24. The normalized spacial score (nSPS) is 16.6. The fourth-order valence-electron chi connectivity index (χ4n) is 3.28. The van der Waals surface area contributed by atoms with Gasteiger partial charge in [-0.2, -0.15) is 0 Å². The molecule has 1 aromatic carbocycles. The number of aromatic nitrogens is 2. The topological polar surface area (TPSA) is 67.3 Å². The predicted octanol–water partition coefficient (Wildman–Crippen LogP) is 2.42. The van der Waals surface area contributed by atoms with E-state index in [0.717, 1.165) is 42.7 Å². The number of piperidine rings is 1. The van der Waals surface area contributed by atoms with Gasteiger partial charge in [-0.1, -0.05) is 6.07 Å². The summed E-state index contributed by atoms with van der Waals surface area (Å²) in [7, 11) is 1.78. The maximum absolute atomic E-state index is 12.2. The van der Waals surface area contributed by atoms with Crippen LogP contribution in [0.15, 0.2) is 23.0 Å². The Bertz CT molecular complexity index is 805. The van der Waals surface area contributed by atoms with E-state index in [1.165, 1.54) is 0 Å². The van der Waals surface area contributed by atoms with Crippen molar-refractivity contribution in [3.05, 3.63) is 28.7 Å². The number of aryl methyl sites for hydroxylation is 1. The number of hydrogen-bond donors (Lipinski definition) is 1. The van der Waals surface area contributed by atoms with Gasteiger partial charge in [-0.05, 0) is 45.7 Å². The first-order valence-electron chi connectivity index (χ1n) is 8.42. The molecule has 3 rings (SSSR count). The Morgan fingerprint density at radius 3 is 2.54 bits per heavy atom. The number of esters is 1. The van der Waals surface area contributed by atoms with Crippen LogP contribution in [0.2, 0.25) is 0 Å². The highest BCUT2D eigenvalue weighted by molar-refractivity contribution is 5.89. The molecule has 0 saturated carbocycles. The van der Waals surface area contributed by atoms with Gasteiger partial charge in [-0.15, -0.1) is 0 Å². The van der Waals surface area contributed by atoms with Crippen LogP contribution in [0.4, 0.5) is 5.69 Å². The third kappa shape index (κ3) is 3.18. The molecular weight excluding hydrogens is 306 g/mol. The Morgan fingerprint density at radius 1 is 1.25 bits per heavy atom. The molecule has 6 heteroatoms. The number of anilines is 1. The molecule has 6 nitrogen and oxygen atoms in total. The minimum Gasteiger partial charge on any atom is -0.460 e. The van der Waals surface area contributed by atoms with Gasteiger partial charge in [0.2, 0.25) is 0 Å². The van der Waals surface area contributed by atoms with Crippen LogP contribution in [0.5, 0.6) is 0 Å². The van der Waals surface area contributed by atoms with E-state index in [1.807, 2.05) is 39.0 Å². The summed E-state index contributed by atoms with van der Waals surface area (Å²) >= 11 is 0. The van der Waals surface area contributed by atoms with E-state index in [9.17, 15) is 9.59 Å². The van der Waals surface area contributed by atoms with E-state index in [2.05, 4.69) is 9.88 Å². The molecule has 0 radical (unpaired) electrons. The standard InChI is InChI=1S/C18H25N3O3/c1-18(2,3)24-16(22)12-8-10-21(11-9-12)14-7-5-6-13-15(14)20(4)17(23)19-13/h5-7,12H,8-11H2,1-4H3,(H,19,23). The van der Waals surface area contributed by atoms with E-state index in [0.29, 0.717) is 0 Å². The SMILES string of the molecule is Cn1c(=O)[nH]c2cccc(N3CCC(C(=O)OC(C)(C)C)CC3)c21. The number of nitrogens with zero attached hydrogens (tertiary/aromatic N) is 2. The molecule has 0 amide bonds. The van der Waals surface area contributed by atoms with Gasteiger partial charge in [0.25, 0.3) is 0 Å². The molecule has 0 aliphatic carbocycles. The summed E-state index contributed by atoms with van der Waals surface area (Å²) in [6.07, 6.45) is 1.54. The summed E-state index contributed by atoms with van der Waals surface area (Å²) in [6.45, 7) is 7.25. The number of para-hydroxylation sites is 1. The molecule has 1 saturated heterocycles. The van der Waals surface area contributed by atoms with E-state index in [1.54, 1.807) is 11.6 Å². The predicted molar refractivity (Wildman–Crippen MR) is 94.3 cm³/mol. The first kappa shape index (κ1) is 16.6. The molecule has 130 valence electrons. The zero-order valence-electron chi connectivity index (χ0n) is 14.8. The monoisotopic (exact) mass is 331 g/mol. The molecular formula is C18H25N3O3. The van der Waals surface area contributed by atoms with E-state index >= 15 is 0 Å². The van der Waals surface area contributed by atoms with Crippen LogP contribution in [0.3, 0.4) is 0 Å². The molecule has 0 bridgehead atoms. The van der Waals surface area contributed by atoms with Crippen LogP contribution in [-0.2, 0) is 16.6 Å². The van der Waals surface area contributed by atoms with Gasteiger partial charge >= 0.3 is 11.7 Å². The molecule has 1 aliphatic rings. The molecule has 0 atom stereocenters. The minimum atomic E-state index is -0.441. The average Bonchev–Trinajstić information content (AvgIpc) is 2.81. The Hall–Kier alpha value is -2.24. The smallest absolute Gasteiger partial charge is 0.326 e. The lowest BCUT2D eigenvalue weighted by atomic mass is 9.96. The number of ether oxygens (including phenoxy) is 1. The molecule has 2 aromatic rings. The third-order valence-electron chi connectivity index (χ3n) is 4.47. The molecule has 0 unspecified atom stereocenters. The zero-order valence-corrected chi connectivity index (χ0v) is 14.8. The second-order valence-corrected chi connectivity index (χ2v) is 7.46. The number of fused-ring (bicyclic) bond motifs is 1. The number of carbonyl (C=O) groups excluding carboxylic acids is 1. The van der Waals surface area contributed by atoms with Gasteiger partial charge in [0.1, 0.15) is 5.60 Å². The highest BCUT2D eigenvalue weighted by Gasteiger charge is 2.29. The first-order valence-corrected chi connectivity index (χ1v) is 8.42. The van der Waals surface area contributed by atoms with Crippen molar-refractivity contribution in [2.75, 3.05) is 18.0 Å². The number of hydrogen-bond acceptors (Lipinski definition) is 4. The zero-order chi connectivity index (χ0) is 17.5. The van der Waals surface area contributed by atoms with Crippen molar-refractivity contribution < 1.29 is 9.53 Å². The number of H-pyrrole nitrogens is 1. The number of rotatable bonds is 2. The Labute approximate surface area is 141 Å². The van der Waals surface area contributed by atoms with E-state index in [-0.39, 0.29) is 17.6 Å². The summed E-state index contributed by atoms with van der Waals surface area (Å²) in [6, 6.07) is 5.89. The van der Waals surface area contributed by atoms with E-state index in [4.69, 9.17) is 4.74 Å². The maximum Gasteiger partial charge on any atom is 0.326 e.